The van der Waals surface area contributed by atoms with Gasteiger partial charge < -0.3 is 9.80 Å². The van der Waals surface area contributed by atoms with E-state index in [0.717, 1.165) is 48.7 Å². The SMILES string of the molecule is O=C(CCn1cnc2sc3c(c2c1=O)CCCC3)N1CCN(C(=O)C2CCC2)CC1. The van der Waals surface area contributed by atoms with Crippen LogP contribution in [0, 0.1) is 5.92 Å². The highest BCUT2D eigenvalue weighted by Crippen LogP contribution is 2.33. The van der Waals surface area contributed by atoms with E-state index in [9.17, 15) is 14.4 Å². The van der Waals surface area contributed by atoms with Crippen molar-refractivity contribution in [2.24, 2.45) is 5.92 Å². The van der Waals surface area contributed by atoms with Crippen molar-refractivity contribution in [1.29, 1.82) is 0 Å². The Hall–Kier alpha value is -2.22. The predicted octanol–water partition coefficient (Wildman–Crippen LogP) is 2.20. The maximum atomic E-state index is 13.0. The highest BCUT2D eigenvalue weighted by Gasteiger charge is 2.32. The van der Waals surface area contributed by atoms with Crippen molar-refractivity contribution in [3.63, 3.8) is 0 Å². The summed E-state index contributed by atoms with van der Waals surface area (Å²) in [7, 11) is 0. The van der Waals surface area contributed by atoms with Crippen LogP contribution in [0.2, 0.25) is 0 Å². The Morgan fingerprint density at radius 3 is 2.50 bits per heavy atom. The lowest BCUT2D eigenvalue weighted by Gasteiger charge is -2.38. The monoisotopic (exact) mass is 428 g/mol. The number of piperazine rings is 1. The molecule has 30 heavy (non-hydrogen) atoms. The zero-order valence-corrected chi connectivity index (χ0v) is 18.1. The Morgan fingerprint density at radius 1 is 1.03 bits per heavy atom. The number of rotatable bonds is 4. The first kappa shape index (κ1) is 19.7. The number of amides is 2. The topological polar surface area (TPSA) is 75.5 Å². The normalized spacial score (nSPS) is 19.6. The minimum atomic E-state index is -0.0110. The molecule has 0 bridgehead atoms. The lowest BCUT2D eigenvalue weighted by atomic mass is 9.84. The third-order valence-corrected chi connectivity index (χ3v) is 8.11. The van der Waals surface area contributed by atoms with E-state index in [1.54, 1.807) is 22.2 Å². The van der Waals surface area contributed by atoms with Gasteiger partial charge in [0.2, 0.25) is 11.8 Å². The molecule has 2 aromatic rings. The van der Waals surface area contributed by atoms with E-state index in [1.165, 1.54) is 16.9 Å². The Bertz CT molecular complexity index is 1030. The summed E-state index contributed by atoms with van der Waals surface area (Å²) in [5.41, 5.74) is 1.18. The van der Waals surface area contributed by atoms with Crippen LogP contribution in [0.1, 0.15) is 49.0 Å². The Balaban J connectivity index is 1.20. The first-order chi connectivity index (χ1) is 14.6. The maximum absolute atomic E-state index is 13.0. The van der Waals surface area contributed by atoms with Gasteiger partial charge >= 0.3 is 0 Å². The van der Waals surface area contributed by atoms with Gasteiger partial charge in [-0.25, -0.2) is 4.98 Å². The van der Waals surface area contributed by atoms with Crippen molar-refractivity contribution in [1.82, 2.24) is 19.4 Å². The van der Waals surface area contributed by atoms with Crippen LogP contribution in [-0.4, -0.2) is 57.3 Å². The maximum Gasteiger partial charge on any atom is 0.262 e. The Labute approximate surface area is 179 Å². The van der Waals surface area contributed by atoms with Gasteiger partial charge in [-0.1, -0.05) is 6.42 Å². The number of carbonyl (C=O) groups excluding carboxylic acids is 2. The summed E-state index contributed by atoms with van der Waals surface area (Å²) < 4.78 is 1.60. The fraction of sp³-hybridized carbons (Fsp3) is 0.636. The van der Waals surface area contributed by atoms with Gasteiger partial charge in [0, 0.05) is 49.9 Å². The average Bonchev–Trinajstić information content (AvgIpc) is 3.11. The fourth-order valence-electron chi connectivity index (χ4n) is 4.80. The van der Waals surface area contributed by atoms with Crippen LogP contribution in [-0.2, 0) is 29.0 Å². The van der Waals surface area contributed by atoms with E-state index in [-0.39, 0.29) is 29.7 Å². The first-order valence-corrected chi connectivity index (χ1v) is 12.0. The number of carbonyl (C=O) groups is 2. The molecule has 1 saturated heterocycles. The summed E-state index contributed by atoms with van der Waals surface area (Å²) in [5.74, 6) is 0.521. The average molecular weight is 429 g/mol. The van der Waals surface area contributed by atoms with Gasteiger partial charge in [-0.3, -0.25) is 19.0 Å². The van der Waals surface area contributed by atoms with Gasteiger partial charge in [-0.2, -0.15) is 0 Å². The molecule has 2 amide bonds. The zero-order valence-electron chi connectivity index (χ0n) is 17.3. The van der Waals surface area contributed by atoms with E-state index >= 15 is 0 Å². The van der Waals surface area contributed by atoms with Gasteiger partial charge in [0.15, 0.2) is 0 Å². The van der Waals surface area contributed by atoms with Crippen molar-refractivity contribution >= 4 is 33.4 Å². The van der Waals surface area contributed by atoms with Crippen LogP contribution in [0.3, 0.4) is 0 Å². The van der Waals surface area contributed by atoms with Crippen molar-refractivity contribution in [3.8, 4) is 0 Å². The molecule has 0 radical (unpaired) electrons. The van der Waals surface area contributed by atoms with Crippen LogP contribution in [0.25, 0.3) is 10.2 Å². The van der Waals surface area contributed by atoms with Crippen LogP contribution in [0.5, 0.6) is 0 Å². The quantitative estimate of drug-likeness (QED) is 0.748. The van der Waals surface area contributed by atoms with Gasteiger partial charge in [0.05, 0.1) is 11.7 Å². The van der Waals surface area contributed by atoms with Gasteiger partial charge in [-0.05, 0) is 44.1 Å². The van der Waals surface area contributed by atoms with Crippen molar-refractivity contribution in [2.45, 2.75) is 57.9 Å². The smallest absolute Gasteiger partial charge is 0.262 e. The van der Waals surface area contributed by atoms with Crippen molar-refractivity contribution < 1.29 is 9.59 Å². The second kappa shape index (κ2) is 8.13. The van der Waals surface area contributed by atoms with E-state index < -0.39 is 0 Å². The summed E-state index contributed by atoms with van der Waals surface area (Å²) in [4.78, 5) is 48.5. The molecule has 0 atom stereocenters. The van der Waals surface area contributed by atoms with E-state index in [0.29, 0.717) is 32.7 Å². The molecule has 7 nitrogen and oxygen atoms in total. The Kier molecular flexibility index (Phi) is 5.35. The summed E-state index contributed by atoms with van der Waals surface area (Å²) in [6.45, 7) is 2.76. The second-order valence-electron chi connectivity index (χ2n) is 8.72. The molecule has 3 heterocycles. The third kappa shape index (κ3) is 3.55. The largest absolute Gasteiger partial charge is 0.339 e. The number of fused-ring (bicyclic) bond motifs is 3. The second-order valence-corrected chi connectivity index (χ2v) is 9.80. The molecular formula is C22H28N4O3S. The lowest BCUT2D eigenvalue weighted by molar-refractivity contribution is -0.144. The number of thiophene rings is 1. The molecule has 5 rings (SSSR count). The highest BCUT2D eigenvalue weighted by molar-refractivity contribution is 7.18. The Morgan fingerprint density at radius 2 is 1.77 bits per heavy atom. The van der Waals surface area contributed by atoms with E-state index in [1.807, 2.05) is 9.80 Å². The van der Waals surface area contributed by atoms with Gasteiger partial charge in [0.25, 0.3) is 5.56 Å². The molecule has 1 saturated carbocycles. The molecule has 0 N–H and O–H groups in total. The molecule has 1 aliphatic heterocycles. The molecule has 0 spiro atoms. The predicted molar refractivity (Wildman–Crippen MR) is 116 cm³/mol. The fourth-order valence-corrected chi connectivity index (χ4v) is 6.02. The third-order valence-electron chi connectivity index (χ3n) is 6.91. The summed E-state index contributed by atoms with van der Waals surface area (Å²) >= 11 is 1.65. The summed E-state index contributed by atoms with van der Waals surface area (Å²) in [5, 5.41) is 0.771. The molecule has 8 heteroatoms. The minimum absolute atomic E-state index is 0.0110. The molecule has 2 aliphatic carbocycles. The van der Waals surface area contributed by atoms with Crippen LogP contribution in [0.15, 0.2) is 11.1 Å². The van der Waals surface area contributed by atoms with Gasteiger partial charge in [0.1, 0.15) is 4.83 Å². The summed E-state index contributed by atoms with van der Waals surface area (Å²) in [6.07, 6.45) is 9.37. The first-order valence-electron chi connectivity index (χ1n) is 11.2. The highest BCUT2D eigenvalue weighted by atomic mass is 32.1. The number of nitrogens with zero attached hydrogens (tertiary/aromatic N) is 4. The van der Waals surface area contributed by atoms with Crippen LogP contribution in [0.4, 0.5) is 0 Å². The molecule has 3 aliphatic rings. The van der Waals surface area contributed by atoms with Crippen LogP contribution >= 0.6 is 11.3 Å². The molecular weight excluding hydrogens is 400 g/mol. The lowest BCUT2D eigenvalue weighted by Crippen LogP contribution is -2.52. The molecule has 2 aromatic heterocycles. The van der Waals surface area contributed by atoms with Gasteiger partial charge in [-0.15, -0.1) is 11.3 Å². The number of aromatic nitrogens is 2. The number of aryl methyl sites for hydroxylation is 3. The van der Waals surface area contributed by atoms with Crippen molar-refractivity contribution in [2.75, 3.05) is 26.2 Å². The molecule has 0 unspecified atom stereocenters. The standard InChI is InChI=1S/C22H28N4O3S/c27-18(24-10-12-25(13-11-24)21(28)15-4-3-5-15)8-9-26-14-23-20-19(22(26)29)16-6-1-2-7-17(16)30-20/h14-15H,1-13H2. The van der Waals surface area contributed by atoms with Crippen LogP contribution < -0.4 is 5.56 Å². The number of hydrogen-bond acceptors (Lipinski definition) is 5. The zero-order chi connectivity index (χ0) is 20.7. The van der Waals surface area contributed by atoms with E-state index in [2.05, 4.69) is 4.98 Å². The molecule has 2 fully saturated rings. The molecule has 0 aromatic carbocycles. The molecule has 160 valence electrons. The van der Waals surface area contributed by atoms with Crippen molar-refractivity contribution in [3.05, 3.63) is 27.1 Å². The summed E-state index contributed by atoms with van der Waals surface area (Å²) in [6, 6.07) is 0. The number of hydrogen-bond donors (Lipinski definition) is 0. The minimum Gasteiger partial charge on any atom is -0.339 e. The van der Waals surface area contributed by atoms with E-state index in [4.69, 9.17) is 0 Å².